The van der Waals surface area contributed by atoms with Gasteiger partial charge in [0.2, 0.25) is 0 Å². The molecule has 8 bridgehead atoms. The van der Waals surface area contributed by atoms with Gasteiger partial charge in [0, 0.05) is 49.4 Å². The van der Waals surface area contributed by atoms with Crippen LogP contribution >= 0.6 is 0 Å². The number of furan rings is 1. The predicted octanol–water partition coefficient (Wildman–Crippen LogP) is 17.7. The van der Waals surface area contributed by atoms with Crippen molar-refractivity contribution in [2.75, 3.05) is 4.90 Å². The van der Waals surface area contributed by atoms with Gasteiger partial charge in [-0.25, -0.2) is 0 Å². The lowest BCUT2D eigenvalue weighted by Gasteiger charge is -2.57. The number of hydrogen-bond acceptors (Lipinski definition) is 2. The Kier molecular flexibility index (Phi) is 8.57. The van der Waals surface area contributed by atoms with Gasteiger partial charge < -0.3 is 13.8 Å². The number of nitrogens with zero attached hydrogens (tertiary/aromatic N) is 2. The molecule has 4 heterocycles. The highest BCUT2D eigenvalue weighted by Gasteiger charge is 2.55. The average Bonchev–Trinajstić information content (AvgIpc) is 4.19. The quantitative estimate of drug-likeness (QED) is 0.160. The Morgan fingerprint density at radius 3 is 1.76 bits per heavy atom. The molecule has 0 saturated heterocycles. The number of hydrogen-bond donors (Lipinski definition) is 0. The van der Waals surface area contributed by atoms with E-state index in [-0.39, 0.29) is 17.7 Å². The number of anilines is 3. The first kappa shape index (κ1) is 43.3. The highest BCUT2D eigenvalue weighted by molar-refractivity contribution is 6.89. The van der Waals surface area contributed by atoms with Crippen LogP contribution in [0.1, 0.15) is 115 Å². The average molecular weight is 985 g/mol. The zero-order valence-corrected chi connectivity index (χ0v) is 44.3. The molecule has 4 heteroatoms. The summed E-state index contributed by atoms with van der Waals surface area (Å²) in [6.07, 6.45) is 16.9. The van der Waals surface area contributed by atoms with Crippen molar-refractivity contribution < 1.29 is 4.42 Å². The van der Waals surface area contributed by atoms with Crippen LogP contribution in [0.5, 0.6) is 0 Å². The first-order valence-electron chi connectivity index (χ1n) is 29.4. The van der Waals surface area contributed by atoms with E-state index in [0.29, 0.717) is 5.41 Å². The van der Waals surface area contributed by atoms with Crippen LogP contribution in [0.2, 0.25) is 0 Å². The molecule has 0 amide bonds. The van der Waals surface area contributed by atoms with Gasteiger partial charge in [-0.1, -0.05) is 124 Å². The monoisotopic (exact) mass is 985 g/mol. The molecule has 20 rings (SSSR count). The standard InChI is InChI=1S/C72H65BN2O/c1-70(2,3)52-19-22-62(57(32-52)49-14-8-5-9-15-49)74-64-31-51(48-12-6-4-7-13-48)30-59-61-35-54(72-39-45-27-46(40-72)29-47(28-45)41-72)34-60-58-33-53(71-36-42-24-43(37-71)26-44(25-42)38-71)20-23-63(58)75(66(60)61)73(65(59)64)69-67(74)56-21-18-50-16-10-11-17-55(50)68(56)76-69/h4-23,30-35,42-47H,24-29,36-41H2,1-3H3. The van der Waals surface area contributed by atoms with Crippen molar-refractivity contribution in [2.45, 2.75) is 114 Å². The van der Waals surface area contributed by atoms with Gasteiger partial charge in [0.15, 0.2) is 0 Å². The van der Waals surface area contributed by atoms with Crippen molar-refractivity contribution in [3.8, 4) is 33.4 Å². The fourth-order valence-electron chi connectivity index (χ4n) is 19.4. The molecule has 0 unspecified atom stereocenters. The van der Waals surface area contributed by atoms with E-state index in [0.717, 1.165) is 63.2 Å². The van der Waals surface area contributed by atoms with Crippen LogP contribution in [-0.4, -0.2) is 11.3 Å². The largest absolute Gasteiger partial charge is 0.465 e. The van der Waals surface area contributed by atoms with Crippen LogP contribution < -0.4 is 16.0 Å². The van der Waals surface area contributed by atoms with Gasteiger partial charge in [0.05, 0.1) is 11.4 Å². The van der Waals surface area contributed by atoms with Crippen LogP contribution in [0, 0.1) is 35.5 Å². The second kappa shape index (κ2) is 15.0. The molecule has 8 aliphatic carbocycles. The molecule has 0 radical (unpaired) electrons. The highest BCUT2D eigenvalue weighted by Crippen LogP contribution is 2.64. The number of benzene rings is 8. The lowest BCUT2D eigenvalue weighted by Crippen LogP contribution is -2.56. The first-order chi connectivity index (χ1) is 37.1. The predicted molar refractivity (Wildman–Crippen MR) is 317 cm³/mol. The van der Waals surface area contributed by atoms with Gasteiger partial charge in [-0.05, 0) is 233 Å². The van der Waals surface area contributed by atoms with Gasteiger partial charge in [0.1, 0.15) is 11.2 Å². The van der Waals surface area contributed by atoms with Crippen molar-refractivity contribution in [2.24, 2.45) is 35.5 Å². The van der Waals surface area contributed by atoms with E-state index in [1.54, 1.807) is 11.1 Å². The minimum absolute atomic E-state index is 0.0393. The molecular formula is C72H65BN2O. The van der Waals surface area contributed by atoms with Crippen molar-refractivity contribution >= 4 is 78.6 Å². The smallest absolute Gasteiger partial charge is 0.375 e. The van der Waals surface area contributed by atoms with Gasteiger partial charge in [-0.2, -0.15) is 0 Å². The lowest BCUT2D eigenvalue weighted by atomic mass is 9.46. The highest BCUT2D eigenvalue weighted by atomic mass is 16.3. The topological polar surface area (TPSA) is 21.3 Å². The Balaban J connectivity index is 0.984. The zero-order valence-electron chi connectivity index (χ0n) is 44.3. The van der Waals surface area contributed by atoms with E-state index < -0.39 is 0 Å². The molecule has 8 saturated carbocycles. The van der Waals surface area contributed by atoms with Crippen LogP contribution in [0.3, 0.4) is 0 Å². The second-order valence-corrected chi connectivity index (χ2v) is 27.3. The molecule has 3 nitrogen and oxygen atoms in total. The summed E-state index contributed by atoms with van der Waals surface area (Å²) < 4.78 is 10.6. The normalized spacial score (nSPS) is 27.4. The third-order valence-corrected chi connectivity index (χ3v) is 21.8. The molecule has 8 fully saturated rings. The Morgan fingerprint density at radius 2 is 1.09 bits per heavy atom. The summed E-state index contributed by atoms with van der Waals surface area (Å²) in [5.74, 6) is 5.27. The van der Waals surface area contributed by atoms with E-state index >= 15 is 0 Å². The molecule has 0 spiro atoms. The minimum Gasteiger partial charge on any atom is -0.465 e. The molecular weight excluding hydrogens is 920 g/mol. The van der Waals surface area contributed by atoms with Gasteiger partial charge in [-0.15, -0.1) is 0 Å². The molecule has 2 aromatic heterocycles. The lowest BCUT2D eigenvalue weighted by molar-refractivity contribution is -0.00527. The van der Waals surface area contributed by atoms with E-state index in [1.165, 1.54) is 160 Å². The molecule has 8 aromatic carbocycles. The van der Waals surface area contributed by atoms with Crippen molar-refractivity contribution in [3.05, 3.63) is 174 Å². The number of aromatic nitrogens is 1. The zero-order chi connectivity index (χ0) is 50.0. The summed E-state index contributed by atoms with van der Waals surface area (Å²) in [5.41, 5.74) is 22.5. The summed E-state index contributed by atoms with van der Waals surface area (Å²) in [4.78, 5) is 2.66. The number of rotatable bonds is 5. The third-order valence-electron chi connectivity index (χ3n) is 21.8. The SMILES string of the molecule is CC(C)(C)c1ccc(N2c3cc(-c4ccccc4)cc4c3B(c3oc5c(ccc6ccccc65)c32)n2c3ccc(C56CC7CC(CC(C7)C5)C6)cc3c3cc(C56CC7CC(CC(C7)C5)C6)cc-4c32)c(-c2ccccc2)c1. The van der Waals surface area contributed by atoms with E-state index in [4.69, 9.17) is 4.42 Å². The van der Waals surface area contributed by atoms with Crippen LogP contribution in [0.25, 0.3) is 76.9 Å². The summed E-state index contributed by atoms with van der Waals surface area (Å²) >= 11 is 0. The molecule has 76 heavy (non-hydrogen) atoms. The fourth-order valence-corrected chi connectivity index (χ4v) is 19.4. The number of fused-ring (bicyclic) bond motifs is 11. The maximum absolute atomic E-state index is 7.82. The maximum atomic E-state index is 7.82. The van der Waals surface area contributed by atoms with Crippen molar-refractivity contribution in [1.29, 1.82) is 0 Å². The summed E-state index contributed by atoms with van der Waals surface area (Å²) in [5, 5.41) is 6.45. The van der Waals surface area contributed by atoms with Crippen molar-refractivity contribution in [1.82, 2.24) is 4.48 Å². The van der Waals surface area contributed by atoms with Crippen LogP contribution in [-0.2, 0) is 16.2 Å². The summed E-state index contributed by atoms with van der Waals surface area (Å²) in [6.45, 7) is 6.85. The molecule has 372 valence electrons. The molecule has 10 aliphatic rings. The van der Waals surface area contributed by atoms with Crippen LogP contribution in [0.15, 0.2) is 162 Å². The van der Waals surface area contributed by atoms with Gasteiger partial charge in [-0.3, -0.25) is 0 Å². The summed E-state index contributed by atoms with van der Waals surface area (Å²) in [6, 6.07) is 62.0. The first-order valence-corrected chi connectivity index (χ1v) is 29.4. The Hall–Kier alpha value is -6.78. The minimum atomic E-state index is -0.190. The Bertz CT molecular complexity index is 4060. The molecule has 0 N–H and O–H groups in total. The van der Waals surface area contributed by atoms with Gasteiger partial charge >= 0.3 is 6.85 Å². The van der Waals surface area contributed by atoms with E-state index in [1.807, 2.05) is 0 Å². The molecule has 2 aliphatic heterocycles. The van der Waals surface area contributed by atoms with E-state index in [2.05, 4.69) is 188 Å². The summed E-state index contributed by atoms with van der Waals surface area (Å²) in [7, 11) is 0. The maximum Gasteiger partial charge on any atom is 0.375 e. The Morgan fingerprint density at radius 1 is 0.474 bits per heavy atom. The Labute approximate surface area is 447 Å². The molecule has 0 atom stereocenters. The molecule has 10 aromatic rings. The van der Waals surface area contributed by atoms with Crippen LogP contribution in [0.4, 0.5) is 17.1 Å². The second-order valence-electron chi connectivity index (χ2n) is 27.3. The van der Waals surface area contributed by atoms with Gasteiger partial charge in [0.25, 0.3) is 0 Å². The van der Waals surface area contributed by atoms with Crippen molar-refractivity contribution in [3.63, 3.8) is 0 Å². The van der Waals surface area contributed by atoms with E-state index in [9.17, 15) is 0 Å². The third kappa shape index (κ3) is 5.92. The fraction of sp³-hybridized carbons (Fsp3) is 0.333.